The van der Waals surface area contributed by atoms with E-state index in [-0.39, 0.29) is 17.8 Å². The van der Waals surface area contributed by atoms with Gasteiger partial charge in [0.1, 0.15) is 0 Å². The summed E-state index contributed by atoms with van der Waals surface area (Å²) in [4.78, 5) is 13.3. The first-order valence-corrected chi connectivity index (χ1v) is 5.26. The Bertz CT molecular complexity index is 235. The molecule has 0 fully saturated rings. The van der Waals surface area contributed by atoms with Crippen LogP contribution in [0.5, 0.6) is 0 Å². The lowest BCUT2D eigenvalue weighted by atomic mass is 10.1. The van der Waals surface area contributed by atoms with Gasteiger partial charge in [-0.15, -0.1) is 0 Å². The van der Waals surface area contributed by atoms with Gasteiger partial charge in [0.2, 0.25) is 0 Å². The summed E-state index contributed by atoms with van der Waals surface area (Å²) in [5.41, 5.74) is 0. The number of hydrogen-bond acceptors (Lipinski definition) is 4. The van der Waals surface area contributed by atoms with Crippen molar-refractivity contribution in [3.63, 3.8) is 0 Å². The summed E-state index contributed by atoms with van der Waals surface area (Å²) in [6.07, 6.45) is 0. The van der Waals surface area contributed by atoms with Crippen LogP contribution in [0.15, 0.2) is 0 Å². The highest BCUT2D eigenvalue weighted by molar-refractivity contribution is 5.72. The van der Waals surface area contributed by atoms with E-state index in [1.54, 1.807) is 6.92 Å². The Morgan fingerprint density at radius 2 is 2.07 bits per heavy atom. The predicted molar refractivity (Wildman–Crippen MR) is 58.1 cm³/mol. The van der Waals surface area contributed by atoms with Gasteiger partial charge in [0.25, 0.3) is 0 Å². The van der Waals surface area contributed by atoms with E-state index >= 15 is 0 Å². The van der Waals surface area contributed by atoms with Gasteiger partial charge >= 0.3 is 5.97 Å². The van der Waals surface area contributed by atoms with Gasteiger partial charge in [-0.3, -0.25) is 4.79 Å². The van der Waals surface area contributed by atoms with E-state index in [1.165, 1.54) is 0 Å². The molecule has 86 valence electrons. The molecule has 0 heterocycles. The molecule has 0 aromatic rings. The molecule has 2 unspecified atom stereocenters. The zero-order valence-corrected chi connectivity index (χ0v) is 9.99. The Balaban J connectivity index is 3.91. The lowest BCUT2D eigenvalue weighted by molar-refractivity contribution is -0.147. The summed E-state index contributed by atoms with van der Waals surface area (Å²) >= 11 is 0. The molecule has 0 rings (SSSR count). The molecular weight excluding hydrogens is 192 g/mol. The molecule has 4 nitrogen and oxygen atoms in total. The van der Waals surface area contributed by atoms with Gasteiger partial charge in [0, 0.05) is 13.1 Å². The monoisotopic (exact) mass is 212 g/mol. The van der Waals surface area contributed by atoms with Gasteiger partial charge in [0.05, 0.1) is 24.5 Å². The highest BCUT2D eigenvalue weighted by Gasteiger charge is 2.16. The van der Waals surface area contributed by atoms with Crippen molar-refractivity contribution in [2.75, 3.05) is 26.7 Å². The fourth-order valence-corrected chi connectivity index (χ4v) is 1.41. The zero-order valence-electron chi connectivity index (χ0n) is 9.99. The van der Waals surface area contributed by atoms with Crippen molar-refractivity contribution in [3.8, 4) is 6.07 Å². The average Bonchev–Trinajstić information content (AvgIpc) is 2.17. The highest BCUT2D eigenvalue weighted by atomic mass is 16.5. The van der Waals surface area contributed by atoms with Crippen LogP contribution in [0.3, 0.4) is 0 Å². The van der Waals surface area contributed by atoms with Crippen molar-refractivity contribution in [1.82, 2.24) is 4.90 Å². The molecule has 4 heteroatoms. The third-order valence-corrected chi connectivity index (χ3v) is 2.08. The van der Waals surface area contributed by atoms with Gasteiger partial charge in [-0.1, -0.05) is 6.92 Å². The van der Waals surface area contributed by atoms with Gasteiger partial charge in [0.15, 0.2) is 0 Å². The second-order valence-electron chi connectivity index (χ2n) is 3.90. The predicted octanol–water partition coefficient (Wildman–Crippen LogP) is 1.28. The summed E-state index contributed by atoms with van der Waals surface area (Å²) in [7, 11) is 1.91. The number of nitrogens with zero attached hydrogens (tertiary/aromatic N) is 2. The molecule has 0 aromatic heterocycles. The molecule has 0 amide bonds. The quantitative estimate of drug-likeness (QED) is 0.622. The second-order valence-corrected chi connectivity index (χ2v) is 3.90. The Hall–Kier alpha value is -1.08. The first kappa shape index (κ1) is 13.9. The maximum Gasteiger partial charge on any atom is 0.309 e. The Morgan fingerprint density at radius 3 is 2.53 bits per heavy atom. The second kappa shape index (κ2) is 7.24. The molecule has 0 saturated heterocycles. The Labute approximate surface area is 91.8 Å². The largest absolute Gasteiger partial charge is 0.466 e. The summed E-state index contributed by atoms with van der Waals surface area (Å²) < 4.78 is 4.91. The van der Waals surface area contributed by atoms with Crippen LogP contribution in [-0.2, 0) is 9.53 Å². The average molecular weight is 212 g/mol. The van der Waals surface area contributed by atoms with Crippen molar-refractivity contribution in [2.24, 2.45) is 11.8 Å². The van der Waals surface area contributed by atoms with Crippen LogP contribution >= 0.6 is 0 Å². The van der Waals surface area contributed by atoms with Crippen molar-refractivity contribution in [1.29, 1.82) is 5.26 Å². The third kappa shape index (κ3) is 6.08. The number of rotatable bonds is 6. The van der Waals surface area contributed by atoms with Crippen molar-refractivity contribution in [3.05, 3.63) is 0 Å². The molecule has 0 saturated carbocycles. The standard InChI is InChI=1S/C11H20N2O2/c1-5-15-11(14)10(3)8-13(4)7-9(2)6-12/h9-10H,5,7-8H2,1-4H3. The number of carbonyl (C=O) groups excluding carboxylic acids is 1. The van der Waals surface area contributed by atoms with E-state index in [4.69, 9.17) is 10.00 Å². The minimum atomic E-state index is -0.172. The van der Waals surface area contributed by atoms with Crippen LogP contribution in [0.4, 0.5) is 0 Å². The lowest BCUT2D eigenvalue weighted by Gasteiger charge is -2.20. The van der Waals surface area contributed by atoms with Crippen LogP contribution < -0.4 is 0 Å². The fourth-order valence-electron chi connectivity index (χ4n) is 1.41. The zero-order chi connectivity index (χ0) is 11.8. The molecule has 0 N–H and O–H groups in total. The molecule has 15 heavy (non-hydrogen) atoms. The first-order chi connectivity index (χ1) is 7.01. The van der Waals surface area contributed by atoms with Crippen LogP contribution in [0.2, 0.25) is 0 Å². The molecule has 0 radical (unpaired) electrons. The van der Waals surface area contributed by atoms with E-state index in [9.17, 15) is 4.79 Å². The molecule has 0 aliphatic carbocycles. The van der Waals surface area contributed by atoms with E-state index in [0.717, 1.165) is 0 Å². The lowest BCUT2D eigenvalue weighted by Crippen LogP contribution is -2.32. The molecule has 0 spiro atoms. The Morgan fingerprint density at radius 1 is 1.47 bits per heavy atom. The van der Waals surface area contributed by atoms with Crippen LogP contribution in [0.25, 0.3) is 0 Å². The van der Waals surface area contributed by atoms with Gasteiger partial charge in [-0.05, 0) is 20.9 Å². The summed E-state index contributed by atoms with van der Waals surface area (Å²) in [5, 5.41) is 8.64. The summed E-state index contributed by atoms with van der Waals surface area (Å²) in [6, 6.07) is 2.17. The SMILES string of the molecule is CCOC(=O)C(C)CN(C)CC(C)C#N. The van der Waals surface area contributed by atoms with Crippen LogP contribution in [-0.4, -0.2) is 37.6 Å². The Kier molecular flexibility index (Phi) is 6.72. The summed E-state index contributed by atoms with van der Waals surface area (Å²) in [6.45, 7) is 7.23. The minimum Gasteiger partial charge on any atom is -0.466 e. The van der Waals surface area contributed by atoms with E-state index in [1.807, 2.05) is 25.8 Å². The molecule has 0 aliphatic heterocycles. The van der Waals surface area contributed by atoms with Crippen molar-refractivity contribution >= 4 is 5.97 Å². The van der Waals surface area contributed by atoms with Gasteiger partial charge in [-0.25, -0.2) is 0 Å². The van der Waals surface area contributed by atoms with Crippen LogP contribution in [0.1, 0.15) is 20.8 Å². The molecule has 0 bridgehead atoms. The fraction of sp³-hybridized carbons (Fsp3) is 0.818. The van der Waals surface area contributed by atoms with E-state index < -0.39 is 0 Å². The van der Waals surface area contributed by atoms with E-state index in [2.05, 4.69) is 6.07 Å². The molecule has 2 atom stereocenters. The van der Waals surface area contributed by atoms with Gasteiger partial charge in [-0.2, -0.15) is 5.26 Å². The van der Waals surface area contributed by atoms with Crippen molar-refractivity contribution < 1.29 is 9.53 Å². The number of esters is 1. The minimum absolute atomic E-state index is 0.00982. The maximum absolute atomic E-state index is 11.3. The normalized spacial score (nSPS) is 14.4. The van der Waals surface area contributed by atoms with Crippen molar-refractivity contribution in [2.45, 2.75) is 20.8 Å². The van der Waals surface area contributed by atoms with Crippen LogP contribution in [0, 0.1) is 23.2 Å². The number of carbonyl (C=O) groups is 1. The number of nitriles is 1. The topological polar surface area (TPSA) is 53.3 Å². The first-order valence-electron chi connectivity index (χ1n) is 5.26. The number of ether oxygens (including phenoxy) is 1. The third-order valence-electron chi connectivity index (χ3n) is 2.08. The highest BCUT2D eigenvalue weighted by Crippen LogP contribution is 2.03. The van der Waals surface area contributed by atoms with E-state index in [0.29, 0.717) is 19.7 Å². The maximum atomic E-state index is 11.3. The molecular formula is C11H20N2O2. The summed E-state index contributed by atoms with van der Waals surface area (Å²) in [5.74, 6) is -0.320. The molecule has 0 aromatic carbocycles. The molecule has 0 aliphatic rings. The smallest absolute Gasteiger partial charge is 0.309 e. The van der Waals surface area contributed by atoms with Gasteiger partial charge < -0.3 is 9.64 Å². The number of hydrogen-bond donors (Lipinski definition) is 0.